The van der Waals surface area contributed by atoms with Crippen LogP contribution in [0.2, 0.25) is 0 Å². The summed E-state index contributed by atoms with van der Waals surface area (Å²) in [5, 5.41) is 3.16. The summed E-state index contributed by atoms with van der Waals surface area (Å²) in [5.41, 5.74) is 0.662. The molecular formula is C16H26N4O. The van der Waals surface area contributed by atoms with Crippen LogP contribution in [0.5, 0.6) is 0 Å². The van der Waals surface area contributed by atoms with Crippen molar-refractivity contribution in [2.45, 2.75) is 19.8 Å². The molecule has 2 rings (SSSR count). The summed E-state index contributed by atoms with van der Waals surface area (Å²) in [5.74, 6) is 1.34. The Morgan fingerprint density at radius 3 is 2.86 bits per heavy atom. The van der Waals surface area contributed by atoms with E-state index >= 15 is 0 Å². The lowest BCUT2D eigenvalue weighted by Gasteiger charge is -2.31. The van der Waals surface area contributed by atoms with Gasteiger partial charge in [-0.1, -0.05) is 0 Å². The Morgan fingerprint density at radius 2 is 2.19 bits per heavy atom. The molecule has 2 heterocycles. The molecule has 1 N–H and O–H groups in total. The number of rotatable bonds is 5. The quantitative estimate of drug-likeness (QED) is 0.900. The van der Waals surface area contributed by atoms with Crippen LogP contribution in [0.3, 0.4) is 0 Å². The van der Waals surface area contributed by atoms with Crippen molar-refractivity contribution in [3.05, 3.63) is 23.9 Å². The fourth-order valence-corrected chi connectivity index (χ4v) is 2.81. The Hall–Kier alpha value is -1.62. The fraction of sp³-hybridized carbons (Fsp3) is 0.625. The third-order valence-electron chi connectivity index (χ3n) is 4.10. The highest BCUT2D eigenvalue weighted by atomic mass is 16.2. The van der Waals surface area contributed by atoms with Crippen molar-refractivity contribution in [3.63, 3.8) is 0 Å². The molecule has 0 bridgehead atoms. The summed E-state index contributed by atoms with van der Waals surface area (Å²) in [4.78, 5) is 21.1. The van der Waals surface area contributed by atoms with Gasteiger partial charge in [0.25, 0.3) is 5.91 Å². The minimum absolute atomic E-state index is 0.0537. The third kappa shape index (κ3) is 4.17. The summed E-state index contributed by atoms with van der Waals surface area (Å²) in [6.07, 6.45) is 4.05. The van der Waals surface area contributed by atoms with Crippen LogP contribution >= 0.6 is 0 Å². The van der Waals surface area contributed by atoms with Crippen molar-refractivity contribution in [2.24, 2.45) is 5.92 Å². The van der Waals surface area contributed by atoms with Crippen molar-refractivity contribution in [1.82, 2.24) is 14.8 Å². The van der Waals surface area contributed by atoms with Gasteiger partial charge in [0.2, 0.25) is 0 Å². The van der Waals surface area contributed by atoms with E-state index in [0.717, 1.165) is 26.2 Å². The number of hydrogen-bond acceptors (Lipinski definition) is 4. The maximum atomic E-state index is 12.6. The fourth-order valence-electron chi connectivity index (χ4n) is 2.81. The molecule has 116 valence electrons. The molecule has 0 atom stereocenters. The van der Waals surface area contributed by atoms with Crippen molar-refractivity contribution in [1.29, 1.82) is 0 Å². The Balaban J connectivity index is 1.99. The molecule has 5 heteroatoms. The highest BCUT2D eigenvalue weighted by Crippen LogP contribution is 2.19. The minimum Gasteiger partial charge on any atom is -0.370 e. The van der Waals surface area contributed by atoms with Crippen molar-refractivity contribution in [3.8, 4) is 0 Å². The Kier molecular flexibility index (Phi) is 5.56. The number of nitrogens with zero attached hydrogens (tertiary/aromatic N) is 3. The maximum absolute atomic E-state index is 12.6. The van der Waals surface area contributed by atoms with Gasteiger partial charge in [-0.15, -0.1) is 0 Å². The van der Waals surface area contributed by atoms with Gasteiger partial charge in [-0.05, 0) is 58.0 Å². The molecule has 0 aliphatic carbocycles. The van der Waals surface area contributed by atoms with Crippen molar-refractivity contribution < 1.29 is 4.79 Å². The zero-order chi connectivity index (χ0) is 15.2. The van der Waals surface area contributed by atoms with Crippen molar-refractivity contribution >= 4 is 11.7 Å². The van der Waals surface area contributed by atoms with Gasteiger partial charge < -0.3 is 15.1 Å². The van der Waals surface area contributed by atoms with E-state index in [2.05, 4.69) is 22.2 Å². The normalized spacial score (nSPS) is 16.7. The predicted octanol–water partition coefficient (Wildman–Crippen LogP) is 1.93. The Morgan fingerprint density at radius 1 is 1.48 bits per heavy atom. The molecule has 0 aromatic carbocycles. The van der Waals surface area contributed by atoms with Gasteiger partial charge in [0, 0.05) is 26.3 Å². The van der Waals surface area contributed by atoms with Crippen LogP contribution in [0.4, 0.5) is 5.82 Å². The van der Waals surface area contributed by atoms with E-state index in [1.54, 1.807) is 6.20 Å². The van der Waals surface area contributed by atoms with Gasteiger partial charge in [0.15, 0.2) is 0 Å². The first kappa shape index (κ1) is 15.8. The molecule has 1 aromatic heterocycles. The molecule has 21 heavy (non-hydrogen) atoms. The smallest absolute Gasteiger partial charge is 0.257 e. The second kappa shape index (κ2) is 7.41. The molecule has 0 saturated carbocycles. The summed E-state index contributed by atoms with van der Waals surface area (Å²) in [6, 6.07) is 3.66. The second-order valence-electron chi connectivity index (χ2n) is 5.86. The van der Waals surface area contributed by atoms with Gasteiger partial charge in [-0.3, -0.25) is 4.79 Å². The first-order valence-electron chi connectivity index (χ1n) is 7.74. The molecule has 0 spiro atoms. The molecule has 0 unspecified atom stereocenters. The molecular weight excluding hydrogens is 264 g/mol. The lowest BCUT2D eigenvalue weighted by molar-refractivity contribution is 0.0748. The standard InChI is InChI=1S/C16H26N4O/c1-4-17-15-14(6-5-9-18-15)16(21)20(3)12-13-7-10-19(2)11-8-13/h5-6,9,13H,4,7-8,10-12H2,1-3H3,(H,17,18). The monoisotopic (exact) mass is 290 g/mol. The van der Waals surface area contributed by atoms with Crippen LogP contribution in [-0.2, 0) is 0 Å². The molecule has 1 aromatic rings. The van der Waals surface area contributed by atoms with Gasteiger partial charge >= 0.3 is 0 Å². The number of piperidine rings is 1. The molecule has 1 saturated heterocycles. The number of likely N-dealkylation sites (tertiary alicyclic amines) is 1. The van der Waals surface area contributed by atoms with Gasteiger partial charge in [0.1, 0.15) is 5.82 Å². The zero-order valence-electron chi connectivity index (χ0n) is 13.3. The van der Waals surface area contributed by atoms with E-state index in [0.29, 0.717) is 17.3 Å². The summed E-state index contributed by atoms with van der Waals surface area (Å²) in [6.45, 7) is 5.85. The number of hydrogen-bond donors (Lipinski definition) is 1. The Labute approximate surface area is 127 Å². The predicted molar refractivity (Wildman–Crippen MR) is 85.6 cm³/mol. The molecule has 1 aliphatic heterocycles. The topological polar surface area (TPSA) is 48.5 Å². The molecule has 1 amide bonds. The number of nitrogens with one attached hydrogen (secondary N) is 1. The zero-order valence-corrected chi connectivity index (χ0v) is 13.3. The molecule has 1 aliphatic rings. The van der Waals surface area contributed by atoms with Crippen molar-refractivity contribution in [2.75, 3.05) is 45.6 Å². The summed E-state index contributed by atoms with van der Waals surface area (Å²) in [7, 11) is 4.05. The molecule has 0 radical (unpaired) electrons. The van der Waals surface area contributed by atoms with E-state index in [1.165, 1.54) is 12.8 Å². The summed E-state index contributed by atoms with van der Waals surface area (Å²) < 4.78 is 0. The number of amides is 1. The average molecular weight is 290 g/mol. The lowest BCUT2D eigenvalue weighted by Crippen LogP contribution is -2.38. The van der Waals surface area contributed by atoms with Crippen LogP contribution in [-0.4, -0.2) is 61.0 Å². The van der Waals surface area contributed by atoms with Crippen LogP contribution in [0, 0.1) is 5.92 Å². The number of carbonyl (C=O) groups excluding carboxylic acids is 1. The highest BCUT2D eigenvalue weighted by molar-refractivity contribution is 5.98. The number of carbonyl (C=O) groups is 1. The highest BCUT2D eigenvalue weighted by Gasteiger charge is 2.22. The van der Waals surface area contributed by atoms with E-state index in [4.69, 9.17) is 0 Å². The third-order valence-corrected chi connectivity index (χ3v) is 4.10. The Bertz CT molecular complexity index is 469. The second-order valence-corrected chi connectivity index (χ2v) is 5.86. The first-order valence-corrected chi connectivity index (χ1v) is 7.74. The van der Waals surface area contributed by atoms with Crippen LogP contribution in [0.1, 0.15) is 30.1 Å². The van der Waals surface area contributed by atoms with E-state index in [-0.39, 0.29) is 5.91 Å². The van der Waals surface area contributed by atoms with Gasteiger partial charge in [-0.2, -0.15) is 0 Å². The van der Waals surface area contributed by atoms with E-state index in [9.17, 15) is 4.79 Å². The first-order chi connectivity index (χ1) is 10.1. The lowest BCUT2D eigenvalue weighted by atomic mass is 9.96. The van der Waals surface area contributed by atoms with E-state index < -0.39 is 0 Å². The van der Waals surface area contributed by atoms with Crippen LogP contribution < -0.4 is 5.32 Å². The van der Waals surface area contributed by atoms with Gasteiger partial charge in [0.05, 0.1) is 5.56 Å². The number of anilines is 1. The number of pyridine rings is 1. The van der Waals surface area contributed by atoms with E-state index in [1.807, 2.05) is 31.0 Å². The minimum atomic E-state index is 0.0537. The average Bonchev–Trinajstić information content (AvgIpc) is 2.50. The van der Waals surface area contributed by atoms with Crippen LogP contribution in [0.15, 0.2) is 18.3 Å². The summed E-state index contributed by atoms with van der Waals surface area (Å²) >= 11 is 0. The number of aromatic nitrogens is 1. The molecule has 1 fully saturated rings. The van der Waals surface area contributed by atoms with Gasteiger partial charge in [-0.25, -0.2) is 4.98 Å². The molecule has 5 nitrogen and oxygen atoms in total. The SMILES string of the molecule is CCNc1ncccc1C(=O)N(C)CC1CCN(C)CC1. The largest absolute Gasteiger partial charge is 0.370 e. The van der Waals surface area contributed by atoms with Crippen LogP contribution in [0.25, 0.3) is 0 Å². The maximum Gasteiger partial charge on any atom is 0.257 e.